The Hall–Kier alpha value is -1.40. The number of hydrogen-bond acceptors (Lipinski definition) is 6. The van der Waals surface area contributed by atoms with Crippen LogP contribution in [0.3, 0.4) is 0 Å². The third-order valence-corrected chi connectivity index (χ3v) is 3.10. The fourth-order valence-electron chi connectivity index (χ4n) is 2.28. The van der Waals surface area contributed by atoms with Crippen LogP contribution >= 0.6 is 0 Å². The van der Waals surface area contributed by atoms with Crippen LogP contribution in [0.2, 0.25) is 0 Å². The molecule has 1 N–H and O–H groups in total. The largest absolute Gasteiger partial charge is 0.475 e. The molecular weight excluding hydrogens is 256 g/mol. The molecule has 20 heavy (non-hydrogen) atoms. The summed E-state index contributed by atoms with van der Waals surface area (Å²) in [6.45, 7) is 9.00. The Morgan fingerprint density at radius 3 is 3.00 bits per heavy atom. The summed E-state index contributed by atoms with van der Waals surface area (Å²) < 4.78 is 11.2. The van der Waals surface area contributed by atoms with Gasteiger partial charge in [-0.15, -0.1) is 0 Å². The van der Waals surface area contributed by atoms with Crippen molar-refractivity contribution in [2.45, 2.75) is 32.9 Å². The summed E-state index contributed by atoms with van der Waals surface area (Å²) in [5, 5.41) is 3.19. The van der Waals surface area contributed by atoms with Crippen LogP contribution in [-0.4, -0.2) is 55.5 Å². The average molecular weight is 280 g/mol. The molecule has 0 saturated carbocycles. The molecule has 0 spiro atoms. The second kappa shape index (κ2) is 6.85. The van der Waals surface area contributed by atoms with Gasteiger partial charge in [-0.2, -0.15) is 4.98 Å². The zero-order valence-electron chi connectivity index (χ0n) is 12.7. The van der Waals surface area contributed by atoms with Crippen LogP contribution in [0.25, 0.3) is 0 Å². The molecule has 2 rings (SSSR count). The maximum absolute atomic E-state index is 5.70. The predicted molar refractivity (Wildman–Crippen MR) is 78.4 cm³/mol. The third kappa shape index (κ3) is 3.80. The lowest BCUT2D eigenvalue weighted by Crippen LogP contribution is -2.50. The molecular formula is C14H24N4O2. The molecule has 0 bridgehead atoms. The van der Waals surface area contributed by atoms with E-state index in [-0.39, 0.29) is 12.1 Å². The number of morpholine rings is 1. The first-order valence-corrected chi connectivity index (χ1v) is 7.11. The molecule has 0 aliphatic carbocycles. The van der Waals surface area contributed by atoms with Crippen molar-refractivity contribution in [3.63, 3.8) is 0 Å². The Morgan fingerprint density at radius 2 is 2.30 bits per heavy atom. The van der Waals surface area contributed by atoms with E-state index in [2.05, 4.69) is 20.2 Å². The maximum atomic E-state index is 5.70. The minimum atomic E-state index is 0.106. The first-order chi connectivity index (χ1) is 9.60. The molecule has 0 radical (unpaired) electrons. The topological polar surface area (TPSA) is 59.5 Å². The molecule has 1 saturated heterocycles. The van der Waals surface area contributed by atoms with E-state index in [1.807, 2.05) is 33.9 Å². The maximum Gasteiger partial charge on any atom is 0.229 e. The molecule has 1 aromatic rings. The molecule has 1 aromatic heterocycles. The molecule has 6 nitrogen and oxygen atoms in total. The lowest BCUT2D eigenvalue weighted by molar-refractivity contribution is 0.0933. The van der Waals surface area contributed by atoms with Crippen molar-refractivity contribution < 1.29 is 9.47 Å². The summed E-state index contributed by atoms with van der Waals surface area (Å²) >= 11 is 0. The van der Waals surface area contributed by atoms with Gasteiger partial charge in [0.2, 0.25) is 11.8 Å². The van der Waals surface area contributed by atoms with Gasteiger partial charge in [-0.05, 0) is 27.8 Å². The fraction of sp³-hybridized carbons (Fsp3) is 0.714. The number of likely N-dealkylation sites (N-methyl/N-ethyl adjacent to an activating group) is 1. The molecule has 1 aliphatic heterocycles. The molecule has 112 valence electrons. The first kappa shape index (κ1) is 15.0. The van der Waals surface area contributed by atoms with Gasteiger partial charge < -0.3 is 19.7 Å². The van der Waals surface area contributed by atoms with E-state index in [1.165, 1.54) is 0 Å². The van der Waals surface area contributed by atoms with E-state index in [1.54, 1.807) is 0 Å². The van der Waals surface area contributed by atoms with Crippen LogP contribution in [0.5, 0.6) is 5.88 Å². The Balaban J connectivity index is 2.22. The summed E-state index contributed by atoms with van der Waals surface area (Å²) in [7, 11) is 1.94. The van der Waals surface area contributed by atoms with Crippen LogP contribution in [0.1, 0.15) is 19.5 Å². The summed E-state index contributed by atoms with van der Waals surface area (Å²) in [5.41, 5.74) is 0.917. The predicted octanol–water partition coefficient (Wildman–Crippen LogP) is 0.997. The van der Waals surface area contributed by atoms with E-state index < -0.39 is 0 Å². The zero-order chi connectivity index (χ0) is 14.5. The van der Waals surface area contributed by atoms with Gasteiger partial charge in [0.25, 0.3) is 0 Å². The zero-order valence-corrected chi connectivity index (χ0v) is 12.7. The molecule has 1 atom stereocenters. The Morgan fingerprint density at radius 1 is 1.50 bits per heavy atom. The van der Waals surface area contributed by atoms with Crippen LogP contribution in [0.15, 0.2) is 6.07 Å². The Labute approximate surface area is 120 Å². The average Bonchev–Trinajstić information content (AvgIpc) is 2.38. The quantitative estimate of drug-likeness (QED) is 0.868. The monoisotopic (exact) mass is 280 g/mol. The van der Waals surface area contributed by atoms with Gasteiger partial charge in [0.15, 0.2) is 0 Å². The van der Waals surface area contributed by atoms with Crippen molar-refractivity contribution in [3.05, 3.63) is 11.8 Å². The molecule has 0 amide bonds. The van der Waals surface area contributed by atoms with Crippen molar-refractivity contribution in [2.24, 2.45) is 0 Å². The van der Waals surface area contributed by atoms with Crippen LogP contribution in [-0.2, 0) is 4.74 Å². The lowest BCUT2D eigenvalue weighted by Gasteiger charge is -2.35. The van der Waals surface area contributed by atoms with E-state index in [4.69, 9.17) is 9.47 Å². The lowest BCUT2D eigenvalue weighted by atomic mass is 10.2. The highest BCUT2D eigenvalue weighted by atomic mass is 16.5. The molecule has 1 unspecified atom stereocenters. The molecule has 1 fully saturated rings. The van der Waals surface area contributed by atoms with Crippen molar-refractivity contribution >= 4 is 5.95 Å². The number of aromatic nitrogens is 2. The summed E-state index contributed by atoms with van der Waals surface area (Å²) in [6, 6.07) is 2.12. The summed E-state index contributed by atoms with van der Waals surface area (Å²) in [6.07, 6.45) is 0.106. The van der Waals surface area contributed by atoms with Gasteiger partial charge in [-0.3, -0.25) is 0 Å². The van der Waals surface area contributed by atoms with Gasteiger partial charge >= 0.3 is 0 Å². The SMILES string of the molecule is CNCC1COCCN1c1nc(C)cc(OC(C)C)n1. The van der Waals surface area contributed by atoms with Gasteiger partial charge in [0.05, 0.1) is 25.4 Å². The standard InChI is InChI=1S/C14H24N4O2/c1-10(2)20-13-7-11(3)16-14(17-13)18-5-6-19-9-12(18)8-15-4/h7,10,12,15H,5-6,8-9H2,1-4H3. The van der Waals surface area contributed by atoms with E-state index in [0.29, 0.717) is 19.1 Å². The number of rotatable bonds is 5. The minimum absolute atomic E-state index is 0.106. The summed E-state index contributed by atoms with van der Waals surface area (Å²) in [5.74, 6) is 1.36. The normalized spacial score (nSPS) is 19.4. The van der Waals surface area contributed by atoms with Crippen LogP contribution in [0, 0.1) is 6.92 Å². The minimum Gasteiger partial charge on any atom is -0.475 e. The second-order valence-corrected chi connectivity index (χ2v) is 5.29. The van der Waals surface area contributed by atoms with Crippen molar-refractivity contribution in [2.75, 3.05) is 38.3 Å². The van der Waals surface area contributed by atoms with Crippen LogP contribution < -0.4 is 15.0 Å². The van der Waals surface area contributed by atoms with Gasteiger partial charge in [0, 0.05) is 24.8 Å². The van der Waals surface area contributed by atoms with Gasteiger partial charge in [0.1, 0.15) is 0 Å². The highest BCUT2D eigenvalue weighted by Gasteiger charge is 2.25. The highest BCUT2D eigenvalue weighted by molar-refractivity contribution is 5.36. The number of hydrogen-bond donors (Lipinski definition) is 1. The van der Waals surface area contributed by atoms with Crippen molar-refractivity contribution in [3.8, 4) is 5.88 Å². The van der Waals surface area contributed by atoms with Gasteiger partial charge in [-0.1, -0.05) is 0 Å². The number of anilines is 1. The Kier molecular flexibility index (Phi) is 5.14. The number of ether oxygens (including phenoxy) is 2. The highest BCUT2D eigenvalue weighted by Crippen LogP contribution is 2.20. The molecule has 6 heteroatoms. The first-order valence-electron chi connectivity index (χ1n) is 7.11. The summed E-state index contributed by atoms with van der Waals surface area (Å²) in [4.78, 5) is 11.3. The van der Waals surface area contributed by atoms with Gasteiger partial charge in [-0.25, -0.2) is 4.98 Å². The molecule has 2 heterocycles. The van der Waals surface area contributed by atoms with E-state index in [9.17, 15) is 0 Å². The number of aryl methyl sites for hydroxylation is 1. The fourth-order valence-corrected chi connectivity index (χ4v) is 2.28. The van der Waals surface area contributed by atoms with Crippen molar-refractivity contribution in [1.82, 2.24) is 15.3 Å². The Bertz CT molecular complexity index is 437. The van der Waals surface area contributed by atoms with Crippen molar-refractivity contribution in [1.29, 1.82) is 0 Å². The third-order valence-electron chi connectivity index (χ3n) is 3.10. The second-order valence-electron chi connectivity index (χ2n) is 5.29. The molecule has 0 aromatic carbocycles. The van der Waals surface area contributed by atoms with Crippen LogP contribution in [0.4, 0.5) is 5.95 Å². The smallest absolute Gasteiger partial charge is 0.229 e. The number of nitrogens with one attached hydrogen (secondary N) is 1. The number of nitrogens with zero attached hydrogens (tertiary/aromatic N) is 3. The molecule has 1 aliphatic rings. The van der Waals surface area contributed by atoms with E-state index >= 15 is 0 Å². The van der Waals surface area contributed by atoms with E-state index in [0.717, 1.165) is 24.7 Å².